The number of amides is 1. The average molecular weight is 339 g/mol. The van der Waals surface area contributed by atoms with Crippen molar-refractivity contribution in [2.24, 2.45) is 0 Å². The minimum Gasteiger partial charge on any atom is -0.443 e. The van der Waals surface area contributed by atoms with Gasteiger partial charge in [0.25, 0.3) is 0 Å². The highest BCUT2D eigenvalue weighted by molar-refractivity contribution is 5.91. The molecule has 0 aromatic heterocycles. The minimum absolute atomic E-state index is 0.0684. The number of hydrogen-bond acceptors (Lipinski definition) is 5. The van der Waals surface area contributed by atoms with Gasteiger partial charge in [-0.2, -0.15) is 4.39 Å². The second-order valence-electron chi connectivity index (χ2n) is 6.70. The van der Waals surface area contributed by atoms with Crippen LogP contribution in [-0.4, -0.2) is 35.7 Å². The summed E-state index contributed by atoms with van der Waals surface area (Å²) in [5.41, 5.74) is -1.53. The second kappa shape index (κ2) is 7.12. The Hall–Kier alpha value is -2.22. The number of anilines is 1. The number of ether oxygens (including phenoxy) is 1. The van der Waals surface area contributed by atoms with Gasteiger partial charge in [0.1, 0.15) is 11.3 Å². The normalized spacial score (nSPS) is 15.8. The highest BCUT2D eigenvalue weighted by Crippen LogP contribution is 2.34. The van der Waals surface area contributed by atoms with Gasteiger partial charge in [0.15, 0.2) is 0 Å². The molecule has 1 fully saturated rings. The highest BCUT2D eigenvalue weighted by atomic mass is 19.1. The Bertz CT molecular complexity index is 624. The zero-order valence-corrected chi connectivity index (χ0v) is 14.0. The molecule has 0 aliphatic carbocycles. The molecule has 1 aliphatic rings. The Morgan fingerprint density at radius 3 is 2.54 bits per heavy atom. The summed E-state index contributed by atoms with van der Waals surface area (Å²) in [4.78, 5) is 24.4. The van der Waals surface area contributed by atoms with Crippen molar-refractivity contribution in [2.75, 3.05) is 18.0 Å². The van der Waals surface area contributed by atoms with Gasteiger partial charge in [-0.3, -0.25) is 15.0 Å². The summed E-state index contributed by atoms with van der Waals surface area (Å²) in [7, 11) is 0. The summed E-state index contributed by atoms with van der Waals surface area (Å²) < 4.78 is 19.4. The molecule has 1 saturated heterocycles. The number of para-hydroxylation sites is 1. The Labute approximate surface area is 139 Å². The Balaban J connectivity index is 2.48. The van der Waals surface area contributed by atoms with Gasteiger partial charge in [0.2, 0.25) is 5.82 Å². The van der Waals surface area contributed by atoms with Crippen LogP contribution in [0.15, 0.2) is 18.2 Å². The lowest BCUT2D eigenvalue weighted by atomic mass is 10.0. The second-order valence-corrected chi connectivity index (χ2v) is 6.70. The van der Waals surface area contributed by atoms with E-state index < -0.39 is 28.1 Å². The lowest BCUT2D eigenvalue weighted by Gasteiger charge is -2.35. The van der Waals surface area contributed by atoms with Crippen molar-refractivity contribution in [3.05, 3.63) is 34.1 Å². The van der Waals surface area contributed by atoms with E-state index >= 15 is 0 Å². The number of nitrogens with one attached hydrogen (secondary N) is 1. The van der Waals surface area contributed by atoms with Crippen molar-refractivity contribution in [1.82, 2.24) is 5.32 Å². The van der Waals surface area contributed by atoms with Crippen LogP contribution in [0.1, 0.15) is 33.6 Å². The number of halogens is 1. The molecule has 7 nitrogen and oxygen atoms in total. The molecule has 0 saturated carbocycles. The van der Waals surface area contributed by atoms with Crippen LogP contribution in [0.5, 0.6) is 0 Å². The number of benzene rings is 1. The molecule has 24 heavy (non-hydrogen) atoms. The number of hydrogen-bond donors (Lipinski definition) is 1. The van der Waals surface area contributed by atoms with E-state index in [1.165, 1.54) is 17.0 Å². The third kappa shape index (κ3) is 4.19. The van der Waals surface area contributed by atoms with E-state index in [1.807, 2.05) is 0 Å². The lowest BCUT2D eigenvalue weighted by molar-refractivity contribution is -0.386. The van der Waals surface area contributed by atoms with Crippen molar-refractivity contribution in [1.29, 1.82) is 0 Å². The van der Waals surface area contributed by atoms with Crippen LogP contribution < -0.4 is 10.2 Å². The summed E-state index contributed by atoms with van der Waals surface area (Å²) in [6, 6.07) is 3.46. The minimum atomic E-state index is -0.972. The fourth-order valence-corrected chi connectivity index (χ4v) is 2.70. The molecule has 0 bridgehead atoms. The van der Waals surface area contributed by atoms with Gasteiger partial charge in [-0.05, 0) is 58.8 Å². The van der Waals surface area contributed by atoms with Gasteiger partial charge < -0.3 is 10.1 Å². The fourth-order valence-electron chi connectivity index (χ4n) is 2.70. The predicted molar refractivity (Wildman–Crippen MR) is 87.7 cm³/mol. The lowest BCUT2D eigenvalue weighted by Crippen LogP contribution is -2.48. The molecule has 0 radical (unpaired) electrons. The number of carbonyl (C=O) groups excluding carboxylic acids is 1. The maximum Gasteiger partial charge on any atom is 0.415 e. The molecular weight excluding hydrogens is 317 g/mol. The van der Waals surface area contributed by atoms with Crippen LogP contribution in [0, 0.1) is 15.9 Å². The average Bonchev–Trinajstić information content (AvgIpc) is 2.46. The van der Waals surface area contributed by atoms with Crippen LogP contribution >= 0.6 is 0 Å². The largest absolute Gasteiger partial charge is 0.443 e. The van der Waals surface area contributed by atoms with Gasteiger partial charge in [-0.25, -0.2) is 4.79 Å². The van der Waals surface area contributed by atoms with Crippen molar-refractivity contribution in [3.8, 4) is 0 Å². The predicted octanol–water partition coefficient (Wildman–Crippen LogP) is 3.23. The molecule has 0 atom stereocenters. The van der Waals surface area contributed by atoms with E-state index in [-0.39, 0.29) is 11.7 Å². The quantitative estimate of drug-likeness (QED) is 0.675. The molecule has 0 spiro atoms. The standard InChI is InChI=1S/C16H22FN3O4/c1-16(2,3)24-15(21)19(11-7-9-18-10-8-11)13-6-4-5-12(17)14(13)20(22)23/h4-6,11,18H,7-10H2,1-3H3. The first kappa shape index (κ1) is 18.1. The summed E-state index contributed by atoms with van der Waals surface area (Å²) in [6.07, 6.45) is 0.503. The maximum absolute atomic E-state index is 14.0. The van der Waals surface area contributed by atoms with Gasteiger partial charge in [0, 0.05) is 6.04 Å². The molecule has 1 aliphatic heterocycles. The number of piperidine rings is 1. The van der Waals surface area contributed by atoms with E-state index in [2.05, 4.69) is 5.32 Å². The zero-order valence-electron chi connectivity index (χ0n) is 14.0. The molecule has 1 N–H and O–H groups in total. The van der Waals surface area contributed by atoms with E-state index in [0.717, 1.165) is 6.07 Å². The van der Waals surface area contributed by atoms with Crippen molar-refractivity contribution < 1.29 is 18.8 Å². The monoisotopic (exact) mass is 339 g/mol. The Morgan fingerprint density at radius 2 is 2.00 bits per heavy atom. The first-order chi connectivity index (χ1) is 11.2. The van der Waals surface area contributed by atoms with Gasteiger partial charge in [-0.1, -0.05) is 6.07 Å². The molecule has 2 rings (SSSR count). The van der Waals surface area contributed by atoms with E-state index in [9.17, 15) is 19.3 Å². The van der Waals surface area contributed by atoms with Gasteiger partial charge in [-0.15, -0.1) is 0 Å². The van der Waals surface area contributed by atoms with E-state index in [0.29, 0.717) is 25.9 Å². The van der Waals surface area contributed by atoms with Crippen LogP contribution in [-0.2, 0) is 4.74 Å². The molecule has 0 unspecified atom stereocenters. The zero-order chi connectivity index (χ0) is 17.9. The molecule has 1 heterocycles. The van der Waals surface area contributed by atoms with Gasteiger partial charge in [0.05, 0.1) is 4.92 Å². The summed E-state index contributed by atoms with van der Waals surface area (Å²) >= 11 is 0. The summed E-state index contributed by atoms with van der Waals surface area (Å²) in [6.45, 7) is 6.49. The topological polar surface area (TPSA) is 84.7 Å². The Morgan fingerprint density at radius 1 is 1.38 bits per heavy atom. The first-order valence-corrected chi connectivity index (χ1v) is 7.86. The van der Waals surface area contributed by atoms with Crippen LogP contribution in [0.3, 0.4) is 0 Å². The third-order valence-electron chi connectivity index (χ3n) is 3.67. The number of rotatable bonds is 3. The fraction of sp³-hybridized carbons (Fsp3) is 0.562. The summed E-state index contributed by atoms with van der Waals surface area (Å²) in [5, 5.41) is 14.5. The molecule has 8 heteroatoms. The van der Waals surface area contributed by atoms with E-state index in [1.54, 1.807) is 20.8 Å². The molecule has 132 valence electrons. The van der Waals surface area contributed by atoms with Crippen LogP contribution in [0.25, 0.3) is 0 Å². The van der Waals surface area contributed by atoms with Gasteiger partial charge >= 0.3 is 11.8 Å². The molecule has 1 aromatic carbocycles. The summed E-state index contributed by atoms with van der Waals surface area (Å²) in [5.74, 6) is -0.972. The van der Waals surface area contributed by atoms with Crippen molar-refractivity contribution in [3.63, 3.8) is 0 Å². The smallest absolute Gasteiger partial charge is 0.415 e. The maximum atomic E-state index is 14.0. The number of nitro groups is 1. The highest BCUT2D eigenvalue weighted by Gasteiger charge is 2.36. The molecule has 1 amide bonds. The van der Waals surface area contributed by atoms with Crippen LogP contribution in [0.4, 0.5) is 20.6 Å². The number of nitro benzene ring substituents is 1. The van der Waals surface area contributed by atoms with Crippen LogP contribution in [0.2, 0.25) is 0 Å². The molecule has 1 aromatic rings. The Kier molecular flexibility index (Phi) is 5.38. The third-order valence-corrected chi connectivity index (χ3v) is 3.67. The first-order valence-electron chi connectivity index (χ1n) is 7.86. The van der Waals surface area contributed by atoms with Crippen molar-refractivity contribution in [2.45, 2.75) is 45.3 Å². The number of carbonyl (C=O) groups is 1. The molecular formula is C16H22FN3O4. The van der Waals surface area contributed by atoms with E-state index in [4.69, 9.17) is 4.74 Å². The number of nitrogens with zero attached hydrogens (tertiary/aromatic N) is 2. The SMILES string of the molecule is CC(C)(C)OC(=O)N(c1cccc(F)c1[N+](=O)[O-])C1CCNCC1. The van der Waals surface area contributed by atoms with Crippen molar-refractivity contribution >= 4 is 17.5 Å².